The van der Waals surface area contributed by atoms with Gasteiger partial charge in [0.15, 0.2) is 6.10 Å². The minimum Gasteiger partial charge on any atom is -0.463 e. The van der Waals surface area contributed by atoms with Gasteiger partial charge in [-0.15, -0.1) is 4.37 Å². The van der Waals surface area contributed by atoms with Crippen LogP contribution in [0.5, 0.6) is 5.88 Å². The third kappa shape index (κ3) is 3.69. The summed E-state index contributed by atoms with van der Waals surface area (Å²) in [5.41, 5.74) is 0. The van der Waals surface area contributed by atoms with Crippen molar-refractivity contribution in [1.29, 1.82) is 0 Å². The molecule has 1 aromatic rings. The Balaban J connectivity index is 2.16. The lowest BCUT2D eigenvalue weighted by atomic mass is 9.98. The molecule has 0 aromatic carbocycles. The maximum atomic E-state index is 11.9. The lowest BCUT2D eigenvalue weighted by Gasteiger charge is -2.39. The Morgan fingerprint density at radius 1 is 1.32 bits per heavy atom. The number of piperidine rings is 1. The van der Waals surface area contributed by atoms with E-state index in [1.54, 1.807) is 6.92 Å². The van der Waals surface area contributed by atoms with Crippen molar-refractivity contribution in [1.82, 2.24) is 8.75 Å². The number of ether oxygens (including phenoxy) is 2. The average Bonchev–Trinajstić information content (AvgIpc) is 2.92. The van der Waals surface area contributed by atoms with Crippen molar-refractivity contribution in [3.8, 4) is 5.88 Å². The summed E-state index contributed by atoms with van der Waals surface area (Å²) in [5, 5.41) is 0. The molecular weight excluding hydrogens is 302 g/mol. The smallest absolute Gasteiger partial charge is 0.347 e. The monoisotopic (exact) mass is 327 g/mol. The third-order valence-electron chi connectivity index (χ3n) is 4.05. The largest absolute Gasteiger partial charge is 0.463 e. The molecule has 0 amide bonds. The van der Waals surface area contributed by atoms with Crippen molar-refractivity contribution >= 4 is 23.5 Å². The standard InChI is InChI=1S/C15H25N3O3S/c1-5-12(15(19)20-6-2)21-14-13(16-22-17-14)18-10(3)8-7-9-11(18)4/h10-12H,5-9H2,1-4H3. The van der Waals surface area contributed by atoms with Crippen LogP contribution in [0.3, 0.4) is 0 Å². The molecule has 1 aliphatic heterocycles. The fraction of sp³-hybridized carbons (Fsp3) is 0.800. The van der Waals surface area contributed by atoms with Gasteiger partial charge in [-0.25, -0.2) is 4.79 Å². The van der Waals surface area contributed by atoms with E-state index >= 15 is 0 Å². The molecule has 0 bridgehead atoms. The summed E-state index contributed by atoms with van der Waals surface area (Å²) in [6, 6.07) is 0.801. The quantitative estimate of drug-likeness (QED) is 0.748. The molecule has 3 unspecified atom stereocenters. The number of nitrogens with zero attached hydrogens (tertiary/aromatic N) is 3. The van der Waals surface area contributed by atoms with Crippen LogP contribution in [-0.4, -0.2) is 39.5 Å². The first-order valence-corrected chi connectivity index (χ1v) is 8.75. The first-order valence-electron chi connectivity index (χ1n) is 8.02. The van der Waals surface area contributed by atoms with Gasteiger partial charge in [0.25, 0.3) is 5.88 Å². The lowest BCUT2D eigenvalue weighted by Crippen LogP contribution is -2.44. The van der Waals surface area contributed by atoms with Gasteiger partial charge in [0.2, 0.25) is 5.82 Å². The summed E-state index contributed by atoms with van der Waals surface area (Å²) >= 11 is 1.12. The van der Waals surface area contributed by atoms with Crippen molar-refractivity contribution < 1.29 is 14.3 Å². The van der Waals surface area contributed by atoms with Crippen molar-refractivity contribution in [2.24, 2.45) is 0 Å². The third-order valence-corrected chi connectivity index (χ3v) is 4.56. The van der Waals surface area contributed by atoms with E-state index in [0.29, 0.717) is 31.0 Å². The van der Waals surface area contributed by atoms with E-state index in [4.69, 9.17) is 9.47 Å². The maximum absolute atomic E-state index is 11.9. The fourth-order valence-electron chi connectivity index (χ4n) is 2.91. The Labute approximate surface area is 136 Å². The van der Waals surface area contributed by atoms with E-state index in [0.717, 1.165) is 30.4 Å². The molecule has 2 rings (SSSR count). The molecule has 1 saturated heterocycles. The van der Waals surface area contributed by atoms with Gasteiger partial charge in [-0.3, -0.25) is 0 Å². The minimum atomic E-state index is -0.627. The van der Waals surface area contributed by atoms with Crippen LogP contribution >= 0.6 is 11.7 Å². The van der Waals surface area contributed by atoms with Crippen LogP contribution in [0.15, 0.2) is 0 Å². The second kappa shape index (κ2) is 7.76. The van der Waals surface area contributed by atoms with Crippen molar-refractivity contribution in [3.63, 3.8) is 0 Å². The number of hydrogen-bond acceptors (Lipinski definition) is 7. The summed E-state index contributed by atoms with van der Waals surface area (Å²) in [4.78, 5) is 14.2. The highest BCUT2D eigenvalue weighted by atomic mass is 32.1. The highest BCUT2D eigenvalue weighted by Crippen LogP contribution is 2.34. The Kier molecular flexibility index (Phi) is 5.99. The first kappa shape index (κ1) is 17.0. The van der Waals surface area contributed by atoms with E-state index in [1.165, 1.54) is 6.42 Å². The molecule has 0 aliphatic carbocycles. The van der Waals surface area contributed by atoms with Gasteiger partial charge < -0.3 is 14.4 Å². The molecule has 0 spiro atoms. The highest BCUT2D eigenvalue weighted by molar-refractivity contribution is 6.99. The maximum Gasteiger partial charge on any atom is 0.347 e. The number of carbonyl (C=O) groups excluding carboxylic acids is 1. The van der Waals surface area contributed by atoms with Crippen LogP contribution in [-0.2, 0) is 9.53 Å². The van der Waals surface area contributed by atoms with Gasteiger partial charge in [-0.1, -0.05) is 6.92 Å². The molecule has 6 nitrogen and oxygen atoms in total. The fourth-order valence-corrected chi connectivity index (χ4v) is 3.40. The normalized spacial score (nSPS) is 23.2. The van der Waals surface area contributed by atoms with Gasteiger partial charge >= 0.3 is 5.97 Å². The number of esters is 1. The molecule has 0 saturated carbocycles. The predicted octanol–water partition coefficient (Wildman–Crippen LogP) is 3.03. The first-order chi connectivity index (χ1) is 10.6. The molecule has 3 atom stereocenters. The van der Waals surface area contributed by atoms with Crippen LogP contribution in [0, 0.1) is 0 Å². The molecule has 1 aliphatic rings. The Hall–Kier alpha value is -1.37. The van der Waals surface area contributed by atoms with Crippen LogP contribution in [0.2, 0.25) is 0 Å². The zero-order chi connectivity index (χ0) is 16.1. The van der Waals surface area contributed by atoms with Crippen LogP contribution in [0.1, 0.15) is 53.4 Å². The van der Waals surface area contributed by atoms with Crippen molar-refractivity contribution in [2.45, 2.75) is 71.6 Å². The predicted molar refractivity (Wildman–Crippen MR) is 86.5 cm³/mol. The molecule has 0 radical (unpaired) electrons. The molecule has 1 fully saturated rings. The van der Waals surface area contributed by atoms with Gasteiger partial charge in [0, 0.05) is 12.1 Å². The molecule has 1 aromatic heterocycles. The van der Waals surface area contributed by atoms with Gasteiger partial charge in [0.1, 0.15) is 0 Å². The average molecular weight is 327 g/mol. The van der Waals surface area contributed by atoms with Crippen LogP contribution < -0.4 is 9.64 Å². The molecule has 124 valence electrons. The van der Waals surface area contributed by atoms with E-state index < -0.39 is 6.10 Å². The van der Waals surface area contributed by atoms with Crippen LogP contribution in [0.25, 0.3) is 0 Å². The van der Waals surface area contributed by atoms with Crippen molar-refractivity contribution in [3.05, 3.63) is 0 Å². The Morgan fingerprint density at radius 3 is 2.59 bits per heavy atom. The van der Waals surface area contributed by atoms with Crippen LogP contribution in [0.4, 0.5) is 5.82 Å². The van der Waals surface area contributed by atoms with E-state index in [1.807, 2.05) is 6.92 Å². The van der Waals surface area contributed by atoms with Gasteiger partial charge in [-0.2, -0.15) is 4.37 Å². The molecule has 22 heavy (non-hydrogen) atoms. The second-order valence-corrected chi connectivity index (χ2v) is 6.22. The zero-order valence-corrected chi connectivity index (χ0v) is 14.6. The molecule has 7 heteroatoms. The van der Waals surface area contributed by atoms with E-state index in [-0.39, 0.29) is 5.97 Å². The highest BCUT2D eigenvalue weighted by Gasteiger charge is 2.31. The molecular formula is C15H25N3O3S. The summed E-state index contributed by atoms with van der Waals surface area (Å²) < 4.78 is 19.5. The van der Waals surface area contributed by atoms with E-state index in [9.17, 15) is 4.79 Å². The number of aromatic nitrogens is 2. The summed E-state index contributed by atoms with van der Waals surface area (Å²) in [7, 11) is 0. The topological polar surface area (TPSA) is 64.5 Å². The second-order valence-electron chi connectivity index (χ2n) is 5.70. The number of hydrogen-bond donors (Lipinski definition) is 0. The molecule has 0 N–H and O–H groups in total. The zero-order valence-electron chi connectivity index (χ0n) is 13.7. The SMILES string of the molecule is CCOC(=O)C(CC)Oc1nsnc1N1C(C)CCCC1C. The Bertz CT molecular complexity index is 484. The summed E-state index contributed by atoms with van der Waals surface area (Å²) in [6.45, 7) is 8.43. The molecule has 2 heterocycles. The number of carbonyl (C=O) groups is 1. The van der Waals surface area contributed by atoms with E-state index in [2.05, 4.69) is 27.5 Å². The minimum absolute atomic E-state index is 0.344. The van der Waals surface area contributed by atoms with Gasteiger partial charge in [0.05, 0.1) is 18.3 Å². The van der Waals surface area contributed by atoms with Gasteiger partial charge in [-0.05, 0) is 46.5 Å². The summed E-state index contributed by atoms with van der Waals surface area (Å²) in [6.07, 6.45) is 3.42. The lowest BCUT2D eigenvalue weighted by molar-refractivity contribution is -0.151. The van der Waals surface area contributed by atoms with Crippen molar-refractivity contribution in [2.75, 3.05) is 11.5 Å². The number of rotatable bonds is 6. The summed E-state index contributed by atoms with van der Waals surface area (Å²) in [5.74, 6) is 0.863. The Morgan fingerprint density at radius 2 is 2.00 bits per heavy atom. The number of anilines is 1.